The Kier molecular flexibility index (Phi) is 4.91. The second-order valence-corrected chi connectivity index (χ2v) is 8.44. The molecule has 1 N–H and O–H groups in total. The average Bonchev–Trinajstić information content (AvgIpc) is 3.16. The summed E-state index contributed by atoms with van der Waals surface area (Å²) in [5, 5.41) is 11.0. The number of aliphatic hydroxyl groups is 1. The van der Waals surface area contributed by atoms with Gasteiger partial charge in [-0.3, -0.25) is 9.69 Å². The number of rotatable bonds is 2. The van der Waals surface area contributed by atoms with Crippen molar-refractivity contribution in [2.75, 3.05) is 0 Å². The lowest BCUT2D eigenvalue weighted by molar-refractivity contribution is -0.123. The molecule has 2 aromatic carbocycles. The summed E-state index contributed by atoms with van der Waals surface area (Å²) in [5.41, 5.74) is 1.73. The molecule has 5 heteroatoms. The van der Waals surface area contributed by atoms with Crippen molar-refractivity contribution in [2.45, 2.75) is 43.9 Å². The van der Waals surface area contributed by atoms with Crippen molar-refractivity contribution in [1.29, 1.82) is 0 Å². The number of carbonyl (C=O) groups is 2. The van der Waals surface area contributed by atoms with E-state index >= 15 is 0 Å². The van der Waals surface area contributed by atoms with Crippen LogP contribution < -0.4 is 4.74 Å². The van der Waals surface area contributed by atoms with E-state index in [1.165, 1.54) is 0 Å². The number of likely N-dealkylation sites (tertiary alicyclic amines) is 1. The number of hydrogen-bond acceptors (Lipinski definition) is 4. The van der Waals surface area contributed by atoms with Gasteiger partial charge >= 0.3 is 6.09 Å². The molecule has 2 fully saturated rings. The molecule has 30 heavy (non-hydrogen) atoms. The van der Waals surface area contributed by atoms with Gasteiger partial charge in [-0.1, -0.05) is 54.6 Å². The van der Waals surface area contributed by atoms with Crippen LogP contribution in [0.3, 0.4) is 0 Å². The van der Waals surface area contributed by atoms with Crippen molar-refractivity contribution < 1.29 is 19.4 Å². The topological polar surface area (TPSA) is 66.8 Å². The van der Waals surface area contributed by atoms with Crippen LogP contribution in [0.5, 0.6) is 5.75 Å². The van der Waals surface area contributed by atoms with Crippen molar-refractivity contribution in [3.63, 3.8) is 0 Å². The van der Waals surface area contributed by atoms with E-state index in [2.05, 4.69) is 6.08 Å². The lowest BCUT2D eigenvalue weighted by Gasteiger charge is -2.49. The van der Waals surface area contributed by atoms with Crippen LogP contribution in [0.25, 0.3) is 0 Å². The summed E-state index contributed by atoms with van der Waals surface area (Å²) in [7, 11) is 0. The summed E-state index contributed by atoms with van der Waals surface area (Å²) in [6.07, 6.45) is 3.48. The molecule has 3 aliphatic rings. The van der Waals surface area contributed by atoms with Crippen molar-refractivity contribution in [3.8, 4) is 5.75 Å². The molecule has 1 aliphatic heterocycles. The van der Waals surface area contributed by atoms with E-state index in [0.29, 0.717) is 18.6 Å². The molecule has 5 rings (SSSR count). The number of ether oxygens (including phenoxy) is 1. The Hall–Kier alpha value is -2.92. The zero-order valence-electron chi connectivity index (χ0n) is 16.7. The minimum atomic E-state index is -0.671. The summed E-state index contributed by atoms with van der Waals surface area (Å²) < 4.78 is 5.74. The Bertz CT molecular complexity index is 971. The fourth-order valence-electron chi connectivity index (χ4n) is 5.43. The minimum absolute atomic E-state index is 0.189. The molecule has 0 bridgehead atoms. The van der Waals surface area contributed by atoms with Crippen molar-refractivity contribution in [1.82, 2.24) is 4.90 Å². The van der Waals surface area contributed by atoms with Gasteiger partial charge in [0.25, 0.3) is 0 Å². The number of hydrogen-bond donors (Lipinski definition) is 1. The highest BCUT2D eigenvalue weighted by atomic mass is 16.6. The highest BCUT2D eigenvalue weighted by Gasteiger charge is 2.53. The molecule has 0 unspecified atom stereocenters. The number of allylic oxidation sites excluding steroid dienone is 1. The van der Waals surface area contributed by atoms with Gasteiger partial charge in [0.2, 0.25) is 0 Å². The summed E-state index contributed by atoms with van der Waals surface area (Å²) in [6, 6.07) is 17.9. The van der Waals surface area contributed by atoms with Crippen molar-refractivity contribution in [2.24, 2.45) is 11.8 Å². The van der Waals surface area contributed by atoms with E-state index in [1.807, 2.05) is 48.5 Å². The summed E-state index contributed by atoms with van der Waals surface area (Å²) in [4.78, 5) is 28.1. The highest BCUT2D eigenvalue weighted by molar-refractivity contribution is 5.86. The molecular weight excluding hydrogens is 378 g/mol. The normalized spacial score (nSPS) is 30.3. The maximum atomic E-state index is 13.5. The van der Waals surface area contributed by atoms with E-state index in [9.17, 15) is 14.7 Å². The molecule has 1 saturated carbocycles. The van der Waals surface area contributed by atoms with Crippen LogP contribution in [0.15, 0.2) is 72.3 Å². The second kappa shape index (κ2) is 7.73. The third-order valence-corrected chi connectivity index (χ3v) is 6.79. The predicted octanol–water partition coefficient (Wildman–Crippen LogP) is 4.29. The number of piperidine rings is 1. The monoisotopic (exact) mass is 403 g/mol. The van der Waals surface area contributed by atoms with E-state index < -0.39 is 18.2 Å². The van der Waals surface area contributed by atoms with Crippen molar-refractivity contribution >= 4 is 11.9 Å². The fraction of sp³-hybridized carbons (Fsp3) is 0.360. The molecule has 154 valence electrons. The Labute approximate surface area is 176 Å². The van der Waals surface area contributed by atoms with Crippen LogP contribution >= 0.6 is 0 Å². The fourth-order valence-corrected chi connectivity index (χ4v) is 5.43. The summed E-state index contributed by atoms with van der Waals surface area (Å²) >= 11 is 0. The second-order valence-electron chi connectivity index (χ2n) is 8.44. The number of benzene rings is 2. The molecule has 5 nitrogen and oxygen atoms in total. The number of fused-ring (bicyclic) bond motifs is 3. The lowest BCUT2D eigenvalue weighted by Crippen LogP contribution is -2.57. The van der Waals surface area contributed by atoms with E-state index in [1.54, 1.807) is 17.0 Å². The van der Waals surface area contributed by atoms with Gasteiger partial charge < -0.3 is 9.84 Å². The van der Waals surface area contributed by atoms with E-state index in [-0.39, 0.29) is 23.7 Å². The number of aliphatic hydroxyl groups excluding tert-OH is 1. The van der Waals surface area contributed by atoms with Crippen molar-refractivity contribution in [3.05, 3.63) is 77.9 Å². The number of amides is 1. The Balaban J connectivity index is 1.58. The first-order valence-corrected chi connectivity index (χ1v) is 10.6. The third-order valence-electron chi connectivity index (χ3n) is 6.79. The first-order valence-electron chi connectivity index (χ1n) is 10.6. The van der Waals surface area contributed by atoms with Crippen LogP contribution in [0, 0.1) is 11.8 Å². The number of ketones is 1. The number of para-hydroxylation sites is 1. The van der Waals surface area contributed by atoms with Crippen LogP contribution in [0.1, 0.15) is 37.3 Å². The SMILES string of the molecule is O=C1CC[C@H]2CC=C3[C@H]([C@@H]12)N(C(=O)Oc1ccccc1)[C@@H](c1ccccc1)C[C@@H]3O. The molecule has 1 amide bonds. The molecule has 5 atom stereocenters. The van der Waals surface area contributed by atoms with Crippen LogP contribution in [0.2, 0.25) is 0 Å². The van der Waals surface area contributed by atoms with Crippen LogP contribution in [0.4, 0.5) is 4.79 Å². The van der Waals surface area contributed by atoms with Gasteiger partial charge in [-0.2, -0.15) is 0 Å². The van der Waals surface area contributed by atoms with Gasteiger partial charge in [-0.05, 0) is 42.0 Å². The maximum absolute atomic E-state index is 13.5. The minimum Gasteiger partial charge on any atom is -0.410 e. The van der Waals surface area contributed by atoms with Gasteiger partial charge in [0.15, 0.2) is 0 Å². The first kappa shape index (κ1) is 19.1. The Morgan fingerprint density at radius 1 is 1.03 bits per heavy atom. The number of nitrogens with zero attached hydrogens (tertiary/aromatic N) is 1. The molecular formula is C25H25NO4. The van der Waals surface area contributed by atoms with Crippen LogP contribution in [-0.4, -0.2) is 34.0 Å². The standard InChI is InChI=1S/C25H25NO4/c27-21-14-12-17-11-13-19-22(28)15-20(16-7-3-1-4-8-16)26(24(19)23(17)21)25(29)30-18-9-5-2-6-10-18/h1-10,13,17,20,22-24,28H,11-12,14-15H2/t17-,20-,22+,23-,24-/m1/s1. The number of Topliss-reactive ketones (excluding diaryl/α,β-unsaturated/α-hetero) is 1. The van der Waals surface area contributed by atoms with Gasteiger partial charge in [0, 0.05) is 18.8 Å². The molecule has 2 aliphatic carbocycles. The molecule has 1 saturated heterocycles. The third kappa shape index (κ3) is 3.23. The highest BCUT2D eigenvalue weighted by Crippen LogP contribution is 2.49. The van der Waals surface area contributed by atoms with Gasteiger partial charge in [0.1, 0.15) is 11.5 Å². The van der Waals surface area contributed by atoms with Crippen LogP contribution in [-0.2, 0) is 4.79 Å². The predicted molar refractivity (Wildman–Crippen MR) is 112 cm³/mol. The lowest BCUT2D eigenvalue weighted by atomic mass is 9.71. The zero-order chi connectivity index (χ0) is 20.7. The van der Waals surface area contributed by atoms with E-state index in [0.717, 1.165) is 24.0 Å². The number of carbonyl (C=O) groups excluding carboxylic acids is 2. The molecule has 0 aromatic heterocycles. The van der Waals surface area contributed by atoms with Gasteiger partial charge in [-0.25, -0.2) is 4.79 Å². The van der Waals surface area contributed by atoms with Gasteiger partial charge in [0.05, 0.1) is 18.2 Å². The quantitative estimate of drug-likeness (QED) is 0.760. The summed E-state index contributed by atoms with van der Waals surface area (Å²) in [5.74, 6) is 0.611. The smallest absolute Gasteiger partial charge is 0.410 e. The molecule has 1 heterocycles. The Morgan fingerprint density at radius 3 is 2.47 bits per heavy atom. The summed E-state index contributed by atoms with van der Waals surface area (Å²) in [6.45, 7) is 0. The molecule has 0 spiro atoms. The zero-order valence-corrected chi connectivity index (χ0v) is 16.7. The first-order chi connectivity index (χ1) is 14.6. The maximum Gasteiger partial charge on any atom is 0.416 e. The van der Waals surface area contributed by atoms with Gasteiger partial charge in [-0.15, -0.1) is 0 Å². The Morgan fingerprint density at radius 2 is 1.73 bits per heavy atom. The molecule has 2 aromatic rings. The average molecular weight is 403 g/mol. The molecule has 0 radical (unpaired) electrons. The van der Waals surface area contributed by atoms with E-state index in [4.69, 9.17) is 4.74 Å². The largest absolute Gasteiger partial charge is 0.416 e.